The zero-order chi connectivity index (χ0) is 24.1. The van der Waals surface area contributed by atoms with Gasteiger partial charge in [-0.15, -0.1) is 0 Å². The van der Waals surface area contributed by atoms with Gasteiger partial charge in [-0.05, 0) is 38.5 Å². The monoisotopic (exact) mass is 464 g/mol. The zero-order valence-electron chi connectivity index (χ0n) is 18.9. The molecule has 1 saturated heterocycles. The van der Waals surface area contributed by atoms with Crippen molar-refractivity contribution in [2.45, 2.75) is 31.7 Å². The molecule has 0 spiro atoms. The number of hydrogen-bond acceptors (Lipinski definition) is 8. The van der Waals surface area contributed by atoms with Crippen molar-refractivity contribution in [3.8, 4) is 11.5 Å². The predicted molar refractivity (Wildman–Crippen MR) is 124 cm³/mol. The van der Waals surface area contributed by atoms with E-state index in [2.05, 4.69) is 21.3 Å². The van der Waals surface area contributed by atoms with Crippen LogP contribution in [0.3, 0.4) is 0 Å². The van der Waals surface area contributed by atoms with Crippen molar-refractivity contribution in [3.63, 3.8) is 0 Å². The lowest BCUT2D eigenvalue weighted by Crippen LogP contribution is -2.52. The van der Waals surface area contributed by atoms with Gasteiger partial charge in [0, 0.05) is 44.4 Å². The largest absolute Gasteiger partial charge is 0.508 e. The van der Waals surface area contributed by atoms with E-state index in [1.54, 1.807) is 4.90 Å². The van der Waals surface area contributed by atoms with E-state index >= 15 is 0 Å². The third-order valence-corrected chi connectivity index (χ3v) is 5.30. The summed E-state index contributed by atoms with van der Waals surface area (Å²) in [7, 11) is 0. The van der Waals surface area contributed by atoms with Gasteiger partial charge in [-0.1, -0.05) is 6.07 Å². The minimum atomic E-state index is -1.09. The number of amides is 3. The first kappa shape index (κ1) is 26.4. The molecule has 1 heterocycles. The van der Waals surface area contributed by atoms with Crippen molar-refractivity contribution in [3.05, 3.63) is 23.8 Å². The topological polar surface area (TPSA) is 169 Å². The van der Waals surface area contributed by atoms with Crippen molar-refractivity contribution in [2.75, 3.05) is 52.4 Å². The van der Waals surface area contributed by atoms with Crippen LogP contribution in [0.1, 0.15) is 24.8 Å². The minimum absolute atomic E-state index is 0.126. The number of rotatable bonds is 6. The maximum absolute atomic E-state index is 13.2. The second-order valence-corrected chi connectivity index (χ2v) is 8.06. The summed E-state index contributed by atoms with van der Waals surface area (Å²) in [5, 5.41) is 31.9. The second kappa shape index (κ2) is 14.3. The Hall–Kier alpha value is -2.89. The fourth-order valence-corrected chi connectivity index (χ4v) is 3.57. The maximum Gasteiger partial charge on any atom is 0.245 e. The third kappa shape index (κ3) is 10.1. The Morgan fingerprint density at radius 2 is 1.64 bits per heavy atom. The molecular formula is C22H36N6O5. The normalized spacial score (nSPS) is 17.5. The molecule has 1 aromatic rings. The van der Waals surface area contributed by atoms with Crippen LogP contribution in [-0.2, 0) is 20.8 Å². The number of primary amides is 1. The standard InChI is InChI=1S/C22H36N6O5/c23-20(31)15-18(27-21(32)13-16-3-4-17(29)14-19(16)30)22(33)28-11-2-7-25-9-8-24-5-1-6-26-10-12-28/h3-4,14,18,24-26,29-30H,1-2,5-13,15H2,(H2,23,31)(H,27,32)/t18-/m0/s1. The van der Waals surface area contributed by atoms with Crippen LogP contribution in [-0.4, -0.2) is 91.2 Å². The highest BCUT2D eigenvalue weighted by atomic mass is 16.3. The number of aromatic hydroxyl groups is 2. The van der Waals surface area contributed by atoms with Crippen LogP contribution in [0.4, 0.5) is 0 Å². The summed E-state index contributed by atoms with van der Waals surface area (Å²) in [5.74, 6) is -1.96. The van der Waals surface area contributed by atoms with Crippen molar-refractivity contribution < 1.29 is 24.6 Å². The van der Waals surface area contributed by atoms with E-state index in [0.717, 1.165) is 51.6 Å². The lowest BCUT2D eigenvalue weighted by atomic mass is 10.1. The van der Waals surface area contributed by atoms with Crippen LogP contribution in [0.2, 0.25) is 0 Å². The van der Waals surface area contributed by atoms with Crippen LogP contribution in [0.25, 0.3) is 0 Å². The number of phenolic OH excluding ortho intramolecular Hbond substituents is 2. The second-order valence-electron chi connectivity index (χ2n) is 8.06. The number of hydrogen-bond donors (Lipinski definition) is 7. The van der Waals surface area contributed by atoms with Crippen molar-refractivity contribution >= 4 is 17.7 Å². The molecular weight excluding hydrogens is 428 g/mol. The van der Waals surface area contributed by atoms with Crippen molar-refractivity contribution in [2.24, 2.45) is 5.73 Å². The molecule has 1 aromatic carbocycles. The number of carbonyl (C=O) groups is 3. The smallest absolute Gasteiger partial charge is 0.245 e. The molecule has 0 bridgehead atoms. The van der Waals surface area contributed by atoms with E-state index < -0.39 is 17.9 Å². The maximum atomic E-state index is 13.2. The van der Waals surface area contributed by atoms with Gasteiger partial charge in [-0.3, -0.25) is 14.4 Å². The van der Waals surface area contributed by atoms with Gasteiger partial charge in [0.15, 0.2) is 0 Å². The van der Waals surface area contributed by atoms with Gasteiger partial charge in [0.2, 0.25) is 17.7 Å². The number of carbonyl (C=O) groups excluding carboxylic acids is 3. The average Bonchev–Trinajstić information content (AvgIpc) is 2.76. The van der Waals surface area contributed by atoms with Gasteiger partial charge in [0.25, 0.3) is 0 Å². The molecule has 0 saturated carbocycles. The quantitative estimate of drug-likeness (QED) is 0.264. The lowest BCUT2D eigenvalue weighted by molar-refractivity contribution is -0.138. The molecule has 1 aliphatic heterocycles. The SMILES string of the molecule is NC(=O)C[C@H](NC(=O)Cc1ccc(O)cc1O)C(=O)N1CCCNCCNCCCNCC1. The molecule has 0 radical (unpaired) electrons. The molecule has 1 fully saturated rings. The van der Waals surface area contributed by atoms with Crippen LogP contribution in [0, 0.1) is 0 Å². The van der Waals surface area contributed by atoms with Crippen molar-refractivity contribution in [1.29, 1.82) is 0 Å². The van der Waals surface area contributed by atoms with E-state index in [1.807, 2.05) is 0 Å². The van der Waals surface area contributed by atoms with Gasteiger partial charge in [-0.2, -0.15) is 0 Å². The van der Waals surface area contributed by atoms with Gasteiger partial charge in [0.05, 0.1) is 12.8 Å². The molecule has 11 nitrogen and oxygen atoms in total. The van der Waals surface area contributed by atoms with Crippen LogP contribution in [0.15, 0.2) is 18.2 Å². The first-order valence-electron chi connectivity index (χ1n) is 11.4. The van der Waals surface area contributed by atoms with Gasteiger partial charge >= 0.3 is 0 Å². The highest BCUT2D eigenvalue weighted by Crippen LogP contribution is 2.22. The Morgan fingerprint density at radius 3 is 2.30 bits per heavy atom. The summed E-state index contributed by atoms with van der Waals surface area (Å²) >= 11 is 0. The molecule has 8 N–H and O–H groups in total. The molecule has 1 aliphatic rings. The molecule has 0 aromatic heterocycles. The summed E-state index contributed by atoms with van der Waals surface area (Å²) in [6.07, 6.45) is 1.16. The zero-order valence-corrected chi connectivity index (χ0v) is 18.9. The Bertz CT molecular complexity index is 777. The van der Waals surface area contributed by atoms with E-state index in [1.165, 1.54) is 12.1 Å². The molecule has 3 amide bonds. The Labute approximate surface area is 194 Å². The first-order chi connectivity index (χ1) is 15.9. The van der Waals surface area contributed by atoms with Gasteiger partial charge in [-0.25, -0.2) is 0 Å². The number of nitrogens with zero attached hydrogens (tertiary/aromatic N) is 1. The molecule has 0 aliphatic carbocycles. The molecule has 11 heteroatoms. The Morgan fingerprint density at radius 1 is 0.970 bits per heavy atom. The van der Waals surface area contributed by atoms with Gasteiger partial charge < -0.3 is 42.1 Å². The fourth-order valence-electron chi connectivity index (χ4n) is 3.57. The third-order valence-electron chi connectivity index (χ3n) is 5.30. The summed E-state index contributed by atoms with van der Waals surface area (Å²) in [4.78, 5) is 39.1. The summed E-state index contributed by atoms with van der Waals surface area (Å²) in [5.41, 5.74) is 5.63. The summed E-state index contributed by atoms with van der Waals surface area (Å²) in [6.45, 7) is 5.71. The highest BCUT2D eigenvalue weighted by molar-refractivity contribution is 5.92. The summed E-state index contributed by atoms with van der Waals surface area (Å²) in [6, 6.07) is 2.81. The molecule has 1 atom stereocenters. The Balaban J connectivity index is 2.03. The molecule has 33 heavy (non-hydrogen) atoms. The highest BCUT2D eigenvalue weighted by Gasteiger charge is 2.27. The number of nitrogens with one attached hydrogen (secondary N) is 4. The van der Waals surface area contributed by atoms with E-state index in [9.17, 15) is 24.6 Å². The summed E-state index contributed by atoms with van der Waals surface area (Å²) < 4.78 is 0. The van der Waals surface area contributed by atoms with Crippen molar-refractivity contribution in [1.82, 2.24) is 26.2 Å². The number of nitrogens with two attached hydrogens (primary N) is 1. The van der Waals surface area contributed by atoms with E-state index in [0.29, 0.717) is 25.2 Å². The lowest BCUT2D eigenvalue weighted by Gasteiger charge is -2.28. The van der Waals surface area contributed by atoms with Crippen LogP contribution in [0.5, 0.6) is 11.5 Å². The van der Waals surface area contributed by atoms with E-state index in [4.69, 9.17) is 5.73 Å². The van der Waals surface area contributed by atoms with Crippen LogP contribution >= 0.6 is 0 Å². The molecule has 0 unspecified atom stereocenters. The minimum Gasteiger partial charge on any atom is -0.508 e. The first-order valence-corrected chi connectivity index (χ1v) is 11.4. The number of phenols is 2. The molecule has 184 valence electrons. The molecule has 2 rings (SSSR count). The van der Waals surface area contributed by atoms with E-state index in [-0.39, 0.29) is 30.2 Å². The fraction of sp³-hybridized carbons (Fsp3) is 0.591. The Kier molecular flexibility index (Phi) is 11.4. The van der Waals surface area contributed by atoms with Gasteiger partial charge in [0.1, 0.15) is 17.5 Å². The van der Waals surface area contributed by atoms with Crippen LogP contribution < -0.4 is 27.0 Å². The average molecular weight is 465 g/mol. The number of benzene rings is 1. The predicted octanol–water partition coefficient (Wildman–Crippen LogP) is -1.61.